The van der Waals surface area contributed by atoms with Gasteiger partial charge in [0.05, 0.1) is 0 Å². The zero-order chi connectivity index (χ0) is 18.6. The van der Waals surface area contributed by atoms with Crippen LogP contribution in [0.4, 0.5) is 0 Å². The molecule has 1 fully saturated rings. The van der Waals surface area contributed by atoms with Crippen molar-refractivity contribution < 1.29 is 9.53 Å². The van der Waals surface area contributed by atoms with Crippen LogP contribution in [-0.4, -0.2) is 50.0 Å². The minimum Gasteiger partial charge on any atom is -0.473 e. The Morgan fingerprint density at radius 3 is 2.63 bits per heavy atom. The maximum atomic E-state index is 12.6. The Hall–Kier alpha value is -2.93. The summed E-state index contributed by atoms with van der Waals surface area (Å²) in [5.74, 6) is 1.11. The van der Waals surface area contributed by atoms with Crippen LogP contribution < -0.4 is 4.74 Å². The van der Waals surface area contributed by atoms with Crippen molar-refractivity contribution in [2.24, 2.45) is 0 Å². The van der Waals surface area contributed by atoms with Crippen LogP contribution in [0.25, 0.3) is 5.82 Å². The molecule has 0 saturated carbocycles. The largest absolute Gasteiger partial charge is 0.473 e. The Kier molecular flexibility index (Phi) is 5.02. The third-order valence-electron chi connectivity index (χ3n) is 4.45. The highest BCUT2D eigenvalue weighted by Gasteiger charge is 2.25. The molecule has 4 rings (SSSR count). The maximum absolute atomic E-state index is 12.6. The van der Waals surface area contributed by atoms with E-state index in [2.05, 4.69) is 15.3 Å². The molecule has 1 amide bonds. The quantitative estimate of drug-likeness (QED) is 0.692. The Balaban J connectivity index is 1.32. The molecule has 7 nitrogen and oxygen atoms in total. The smallest absolute Gasteiger partial charge is 0.253 e. The third-order valence-corrected chi connectivity index (χ3v) is 4.69. The fourth-order valence-corrected chi connectivity index (χ4v) is 3.24. The third kappa shape index (κ3) is 4.09. The van der Waals surface area contributed by atoms with Crippen LogP contribution in [0, 0.1) is 0 Å². The summed E-state index contributed by atoms with van der Waals surface area (Å²) >= 11 is 5.98. The molecule has 1 aliphatic heterocycles. The monoisotopic (exact) mass is 383 g/mol. The normalized spacial score (nSPS) is 14.9. The van der Waals surface area contributed by atoms with Gasteiger partial charge in [-0.15, -0.1) is 10.2 Å². The molecule has 3 aromatic rings. The predicted octanol–water partition coefficient (Wildman–Crippen LogP) is 3.00. The van der Waals surface area contributed by atoms with Gasteiger partial charge in [-0.2, -0.15) is 5.10 Å². The van der Waals surface area contributed by atoms with Crippen LogP contribution in [0.3, 0.4) is 0 Å². The van der Waals surface area contributed by atoms with Crippen LogP contribution >= 0.6 is 11.6 Å². The molecule has 27 heavy (non-hydrogen) atoms. The first-order valence-electron chi connectivity index (χ1n) is 8.74. The first-order chi connectivity index (χ1) is 13.2. The standard InChI is InChI=1S/C19H18ClN5O2/c20-15-4-1-3-14(13-15)19(26)24-11-7-16(8-12-24)27-18-6-5-17(22-23-18)25-10-2-9-21-25/h1-6,9-10,13,16H,7-8,11-12H2. The summed E-state index contributed by atoms with van der Waals surface area (Å²) < 4.78 is 7.55. The Bertz CT molecular complexity index is 906. The fraction of sp³-hybridized carbons (Fsp3) is 0.263. The number of benzene rings is 1. The van der Waals surface area contributed by atoms with E-state index < -0.39 is 0 Å². The molecule has 2 aromatic heterocycles. The number of hydrogen-bond acceptors (Lipinski definition) is 5. The first kappa shape index (κ1) is 17.5. The second-order valence-corrected chi connectivity index (χ2v) is 6.74. The highest BCUT2D eigenvalue weighted by Crippen LogP contribution is 2.20. The Morgan fingerprint density at radius 2 is 1.96 bits per heavy atom. The molecule has 0 spiro atoms. The van der Waals surface area contributed by atoms with E-state index in [1.54, 1.807) is 47.4 Å². The summed E-state index contributed by atoms with van der Waals surface area (Å²) in [6.07, 6.45) is 4.99. The molecule has 8 heteroatoms. The van der Waals surface area contributed by atoms with Gasteiger partial charge in [0.1, 0.15) is 6.10 Å². The minimum atomic E-state index is -0.000632. The van der Waals surface area contributed by atoms with Crippen molar-refractivity contribution in [1.29, 1.82) is 0 Å². The first-order valence-corrected chi connectivity index (χ1v) is 9.12. The lowest BCUT2D eigenvalue weighted by atomic mass is 10.1. The number of aromatic nitrogens is 4. The molecule has 3 heterocycles. The second-order valence-electron chi connectivity index (χ2n) is 6.30. The summed E-state index contributed by atoms with van der Waals surface area (Å²) in [6, 6.07) is 12.5. The molecule has 0 aliphatic carbocycles. The molecular formula is C19H18ClN5O2. The van der Waals surface area contributed by atoms with E-state index in [1.165, 1.54) is 0 Å². The van der Waals surface area contributed by atoms with E-state index in [0.29, 0.717) is 35.4 Å². The number of carbonyl (C=O) groups is 1. The summed E-state index contributed by atoms with van der Waals surface area (Å²) in [4.78, 5) is 14.4. The molecule has 0 radical (unpaired) electrons. The number of carbonyl (C=O) groups excluding carboxylic acids is 1. The molecule has 0 bridgehead atoms. The Labute approximate surface area is 161 Å². The van der Waals surface area contributed by atoms with Crippen LogP contribution in [-0.2, 0) is 0 Å². The number of halogens is 1. The molecule has 1 aliphatic rings. The van der Waals surface area contributed by atoms with Gasteiger partial charge in [-0.3, -0.25) is 4.79 Å². The number of likely N-dealkylation sites (tertiary alicyclic amines) is 1. The van der Waals surface area contributed by atoms with Crippen LogP contribution in [0.1, 0.15) is 23.2 Å². The van der Waals surface area contributed by atoms with Crippen molar-refractivity contribution >= 4 is 17.5 Å². The van der Waals surface area contributed by atoms with Crippen molar-refractivity contribution in [3.63, 3.8) is 0 Å². The van der Waals surface area contributed by atoms with E-state index in [0.717, 1.165) is 12.8 Å². The minimum absolute atomic E-state index is 0.000632. The van der Waals surface area contributed by atoms with Gasteiger partial charge in [0.25, 0.3) is 5.91 Å². The summed E-state index contributed by atoms with van der Waals surface area (Å²) in [5.41, 5.74) is 0.613. The number of rotatable bonds is 4. The van der Waals surface area contributed by atoms with Gasteiger partial charge in [-0.1, -0.05) is 17.7 Å². The van der Waals surface area contributed by atoms with Gasteiger partial charge >= 0.3 is 0 Å². The number of piperidine rings is 1. The van der Waals surface area contributed by atoms with E-state index in [1.807, 2.05) is 17.0 Å². The summed E-state index contributed by atoms with van der Waals surface area (Å²) in [5, 5.41) is 12.9. The SMILES string of the molecule is O=C(c1cccc(Cl)c1)N1CCC(Oc2ccc(-n3cccn3)nn2)CC1. The molecule has 138 valence electrons. The van der Waals surface area contributed by atoms with Crippen molar-refractivity contribution in [3.05, 3.63) is 65.4 Å². The molecule has 0 unspecified atom stereocenters. The van der Waals surface area contributed by atoms with Crippen molar-refractivity contribution in [1.82, 2.24) is 24.9 Å². The zero-order valence-corrected chi connectivity index (χ0v) is 15.3. The highest BCUT2D eigenvalue weighted by molar-refractivity contribution is 6.30. The van der Waals surface area contributed by atoms with Gasteiger partial charge in [0.2, 0.25) is 5.88 Å². The number of ether oxygens (including phenoxy) is 1. The fourth-order valence-electron chi connectivity index (χ4n) is 3.05. The number of nitrogens with zero attached hydrogens (tertiary/aromatic N) is 5. The van der Waals surface area contributed by atoms with Crippen LogP contribution in [0.15, 0.2) is 54.9 Å². The molecule has 0 atom stereocenters. The predicted molar refractivity (Wildman–Crippen MR) is 100 cm³/mol. The summed E-state index contributed by atoms with van der Waals surface area (Å²) in [7, 11) is 0. The van der Waals surface area contributed by atoms with Gasteiger partial charge in [0, 0.05) is 55.0 Å². The van der Waals surface area contributed by atoms with Crippen LogP contribution in [0.2, 0.25) is 5.02 Å². The number of hydrogen-bond donors (Lipinski definition) is 0. The summed E-state index contributed by atoms with van der Waals surface area (Å²) in [6.45, 7) is 1.27. The lowest BCUT2D eigenvalue weighted by molar-refractivity contribution is 0.0586. The van der Waals surface area contributed by atoms with Crippen molar-refractivity contribution in [3.8, 4) is 11.7 Å². The van der Waals surface area contributed by atoms with Crippen molar-refractivity contribution in [2.45, 2.75) is 18.9 Å². The molecular weight excluding hydrogens is 366 g/mol. The average molecular weight is 384 g/mol. The van der Waals surface area contributed by atoms with E-state index in [4.69, 9.17) is 16.3 Å². The lowest BCUT2D eigenvalue weighted by Gasteiger charge is -2.32. The highest BCUT2D eigenvalue weighted by atomic mass is 35.5. The van der Waals surface area contributed by atoms with Gasteiger partial charge in [-0.05, 0) is 30.3 Å². The van der Waals surface area contributed by atoms with Crippen molar-refractivity contribution in [2.75, 3.05) is 13.1 Å². The molecule has 1 aromatic carbocycles. The van der Waals surface area contributed by atoms with Gasteiger partial charge in [0.15, 0.2) is 5.82 Å². The zero-order valence-electron chi connectivity index (χ0n) is 14.5. The molecule has 1 saturated heterocycles. The maximum Gasteiger partial charge on any atom is 0.253 e. The number of amides is 1. The lowest BCUT2D eigenvalue weighted by Crippen LogP contribution is -2.41. The van der Waals surface area contributed by atoms with E-state index in [-0.39, 0.29) is 12.0 Å². The van der Waals surface area contributed by atoms with E-state index >= 15 is 0 Å². The average Bonchev–Trinajstić information content (AvgIpc) is 3.23. The van der Waals surface area contributed by atoms with Gasteiger partial charge < -0.3 is 9.64 Å². The Morgan fingerprint density at radius 1 is 1.11 bits per heavy atom. The van der Waals surface area contributed by atoms with Crippen LogP contribution in [0.5, 0.6) is 5.88 Å². The van der Waals surface area contributed by atoms with Gasteiger partial charge in [-0.25, -0.2) is 4.68 Å². The van der Waals surface area contributed by atoms with E-state index in [9.17, 15) is 4.79 Å². The second kappa shape index (κ2) is 7.75. The topological polar surface area (TPSA) is 73.1 Å². The molecule has 0 N–H and O–H groups in total.